The third-order valence-electron chi connectivity index (χ3n) is 11.2. The number of pyridine rings is 2. The van der Waals surface area contributed by atoms with Gasteiger partial charge in [-0.2, -0.15) is 0 Å². The third-order valence-corrected chi connectivity index (χ3v) is 11.2. The summed E-state index contributed by atoms with van der Waals surface area (Å²) in [6, 6.07) is 40.3. The van der Waals surface area contributed by atoms with Crippen molar-refractivity contribution >= 4 is 34.2 Å². The topological polar surface area (TPSA) is 89.1 Å². The zero-order valence-electron chi connectivity index (χ0n) is 35.7. The zero-order valence-corrected chi connectivity index (χ0v) is 35.7. The fraction of sp³-hybridized carbons (Fsp3) is 0.231. The lowest BCUT2D eigenvalue weighted by Crippen LogP contribution is -2.23. The molecule has 8 rings (SSSR count). The van der Waals surface area contributed by atoms with Crippen molar-refractivity contribution < 1.29 is 14.2 Å². The fourth-order valence-electron chi connectivity index (χ4n) is 7.72. The molecule has 0 N–H and O–H groups in total. The van der Waals surface area contributed by atoms with Crippen LogP contribution in [0.2, 0.25) is 0 Å². The Morgan fingerprint density at radius 2 is 0.836 bits per heavy atom. The molecule has 0 saturated heterocycles. The lowest BCUT2D eigenvalue weighted by Gasteiger charge is -2.23. The van der Waals surface area contributed by atoms with E-state index in [4.69, 9.17) is 34.1 Å². The van der Waals surface area contributed by atoms with Gasteiger partial charge in [0, 0.05) is 24.5 Å². The number of aryl methyl sites for hydroxylation is 8. The molecule has 4 heterocycles. The van der Waals surface area contributed by atoms with E-state index in [1.54, 1.807) is 0 Å². The highest BCUT2D eigenvalue weighted by Gasteiger charge is 2.23. The van der Waals surface area contributed by atoms with Gasteiger partial charge >= 0.3 is 0 Å². The van der Waals surface area contributed by atoms with Crippen LogP contribution >= 0.6 is 0 Å². The number of fused-ring (bicyclic) bond motifs is 2. The largest absolute Gasteiger partial charge is 0.437 e. The van der Waals surface area contributed by atoms with E-state index in [-0.39, 0.29) is 12.2 Å². The molecule has 9 heteroatoms. The van der Waals surface area contributed by atoms with Gasteiger partial charge in [-0.15, -0.1) is 0 Å². The highest BCUT2D eigenvalue weighted by atomic mass is 16.5. The monoisotopic (exact) mass is 808 g/mol. The summed E-state index contributed by atoms with van der Waals surface area (Å²) < 4.78 is 24.4. The van der Waals surface area contributed by atoms with Crippen molar-refractivity contribution in [3.63, 3.8) is 0 Å². The Labute approximate surface area is 358 Å². The van der Waals surface area contributed by atoms with Gasteiger partial charge in [0.15, 0.2) is 11.0 Å². The highest BCUT2D eigenvalue weighted by molar-refractivity contribution is 5.86. The molecule has 0 bridgehead atoms. The Balaban J connectivity index is 1.11. The van der Waals surface area contributed by atoms with Crippen molar-refractivity contribution in [2.75, 3.05) is 0 Å². The van der Waals surface area contributed by atoms with Gasteiger partial charge in [-0.25, -0.2) is 19.9 Å². The second-order valence-corrected chi connectivity index (χ2v) is 15.4. The minimum absolute atomic E-state index is 0.231. The van der Waals surface area contributed by atoms with Crippen LogP contribution in [0.15, 0.2) is 133 Å². The maximum Gasteiger partial charge on any atom is 0.247 e. The molecule has 0 amide bonds. The Morgan fingerprint density at radius 1 is 0.475 bits per heavy atom. The number of hydrogen-bond donors (Lipinski definition) is 0. The number of para-hydroxylation sites is 2. The summed E-state index contributed by atoms with van der Waals surface area (Å²) >= 11 is 0. The first-order valence-electron chi connectivity index (χ1n) is 21.0. The second-order valence-electron chi connectivity index (χ2n) is 15.4. The van der Waals surface area contributed by atoms with Gasteiger partial charge in [0.25, 0.3) is 0 Å². The molecule has 0 aliphatic rings. The maximum atomic E-state index is 7.19. The molecule has 2 atom stereocenters. The standard InChI is InChI=1S/C52H52N6O3/c1-35-37(3)53-51(60-43-23-15-9-16-24-43)47-49(35)57(39(5)55-47)33-31-45(29-27-41-19-11-7-12-20-41)59-46(30-28-42-21-13-8-14-22-42)32-34-58-40(6)56-48-50(58)36(2)38(4)54-52(48)61-44-25-17-10-18-26-44/h7-30,45-46H,31-34H2,1-6H3/b29-27+,30-28+. The normalized spacial score (nSPS) is 12.8. The molecule has 308 valence electrons. The third kappa shape index (κ3) is 9.48. The molecular formula is C52H52N6O3. The SMILES string of the molecule is Cc1nc(Oc2ccccc2)c2nc(C)n(CCC(/C=C/c3ccccc3)OC(/C=C/c3ccccc3)CCn3c(C)nc4c(Oc5ccccc5)nc(C)c(C)c43)c2c1C. The first-order valence-corrected chi connectivity index (χ1v) is 21.0. The molecule has 0 aliphatic carbocycles. The van der Waals surface area contributed by atoms with Crippen LogP contribution in [0.3, 0.4) is 0 Å². The van der Waals surface area contributed by atoms with Gasteiger partial charge in [0.2, 0.25) is 11.8 Å². The number of aromatic nitrogens is 6. The Morgan fingerprint density at radius 3 is 1.21 bits per heavy atom. The molecule has 0 saturated carbocycles. The minimum atomic E-state index is -0.231. The number of ether oxygens (including phenoxy) is 3. The van der Waals surface area contributed by atoms with Crippen molar-refractivity contribution in [3.8, 4) is 23.3 Å². The molecule has 0 spiro atoms. The number of hydrogen-bond acceptors (Lipinski definition) is 7. The quantitative estimate of drug-likeness (QED) is 0.0960. The lowest BCUT2D eigenvalue weighted by atomic mass is 10.1. The zero-order chi connectivity index (χ0) is 42.3. The van der Waals surface area contributed by atoms with E-state index in [2.05, 4.69) is 110 Å². The number of benzene rings is 4. The molecule has 4 aromatic carbocycles. The van der Waals surface area contributed by atoms with Gasteiger partial charge in [-0.05, 0) is 101 Å². The van der Waals surface area contributed by atoms with E-state index in [0.717, 1.165) is 78.9 Å². The summed E-state index contributed by atoms with van der Waals surface area (Å²) in [5.41, 5.74) is 9.78. The first-order chi connectivity index (χ1) is 29.7. The van der Waals surface area contributed by atoms with Crippen LogP contribution in [-0.2, 0) is 17.8 Å². The number of nitrogens with zero attached hydrogens (tertiary/aromatic N) is 6. The summed E-state index contributed by atoms with van der Waals surface area (Å²) in [6.45, 7) is 13.7. The average molecular weight is 809 g/mol. The molecule has 4 aromatic heterocycles. The molecule has 0 fully saturated rings. The van der Waals surface area contributed by atoms with Crippen LogP contribution in [0.1, 0.15) is 58.1 Å². The minimum Gasteiger partial charge on any atom is -0.437 e. The van der Waals surface area contributed by atoms with Gasteiger partial charge in [-0.1, -0.05) is 121 Å². The van der Waals surface area contributed by atoms with Crippen molar-refractivity contribution in [1.29, 1.82) is 0 Å². The van der Waals surface area contributed by atoms with Crippen LogP contribution < -0.4 is 9.47 Å². The second kappa shape index (κ2) is 18.6. The predicted octanol–water partition coefficient (Wildman–Crippen LogP) is 12.3. The highest BCUT2D eigenvalue weighted by Crippen LogP contribution is 2.34. The summed E-state index contributed by atoms with van der Waals surface area (Å²) in [7, 11) is 0. The van der Waals surface area contributed by atoms with E-state index < -0.39 is 0 Å². The molecule has 61 heavy (non-hydrogen) atoms. The van der Waals surface area contributed by atoms with E-state index in [9.17, 15) is 0 Å². The molecular weight excluding hydrogens is 757 g/mol. The molecule has 9 nitrogen and oxygen atoms in total. The van der Waals surface area contributed by atoms with Crippen molar-refractivity contribution in [1.82, 2.24) is 29.1 Å². The maximum absolute atomic E-state index is 7.19. The smallest absolute Gasteiger partial charge is 0.247 e. The van der Waals surface area contributed by atoms with E-state index in [1.165, 1.54) is 0 Å². The van der Waals surface area contributed by atoms with E-state index in [0.29, 0.717) is 37.7 Å². The summed E-state index contributed by atoms with van der Waals surface area (Å²) in [5, 5.41) is 0. The van der Waals surface area contributed by atoms with Crippen molar-refractivity contribution in [3.05, 3.63) is 179 Å². The molecule has 2 unspecified atom stereocenters. The number of imidazole rings is 2. The fourth-order valence-corrected chi connectivity index (χ4v) is 7.72. The molecule has 8 aromatic rings. The van der Waals surface area contributed by atoms with Gasteiger partial charge in [-0.3, -0.25) is 0 Å². The first kappa shape index (κ1) is 40.9. The van der Waals surface area contributed by atoms with E-state index in [1.807, 2.05) is 86.6 Å². The summed E-state index contributed by atoms with van der Waals surface area (Å²) in [6.07, 6.45) is 9.66. The number of rotatable bonds is 16. The van der Waals surface area contributed by atoms with Crippen molar-refractivity contribution in [2.45, 2.75) is 79.7 Å². The van der Waals surface area contributed by atoms with Crippen molar-refractivity contribution in [2.24, 2.45) is 0 Å². The van der Waals surface area contributed by atoms with Crippen LogP contribution in [0, 0.1) is 41.5 Å². The van der Waals surface area contributed by atoms with E-state index >= 15 is 0 Å². The predicted molar refractivity (Wildman–Crippen MR) is 245 cm³/mol. The molecule has 0 radical (unpaired) electrons. The Bertz CT molecular complexity index is 2600. The Kier molecular flexibility index (Phi) is 12.5. The molecule has 0 aliphatic heterocycles. The van der Waals surface area contributed by atoms with Crippen LogP contribution in [0.4, 0.5) is 0 Å². The summed E-state index contributed by atoms with van der Waals surface area (Å²) in [5.74, 6) is 4.26. The average Bonchev–Trinajstić information content (AvgIpc) is 3.80. The van der Waals surface area contributed by atoms with Crippen LogP contribution in [0.25, 0.3) is 34.2 Å². The van der Waals surface area contributed by atoms with Gasteiger partial charge in [0.1, 0.15) is 23.1 Å². The van der Waals surface area contributed by atoms with Crippen LogP contribution in [-0.4, -0.2) is 41.3 Å². The lowest BCUT2D eigenvalue weighted by molar-refractivity contribution is 0.0288. The van der Waals surface area contributed by atoms with Gasteiger partial charge in [0.05, 0.1) is 23.2 Å². The van der Waals surface area contributed by atoms with Crippen LogP contribution in [0.5, 0.6) is 23.3 Å². The van der Waals surface area contributed by atoms with Gasteiger partial charge < -0.3 is 23.3 Å². The Hall–Kier alpha value is -6.84. The summed E-state index contributed by atoms with van der Waals surface area (Å²) in [4.78, 5) is 19.7.